The van der Waals surface area contributed by atoms with E-state index < -0.39 is 5.97 Å². The van der Waals surface area contributed by atoms with Gasteiger partial charge < -0.3 is 19.9 Å². The molecule has 0 radical (unpaired) electrons. The normalized spacial score (nSPS) is 15.2. The van der Waals surface area contributed by atoms with Crippen molar-refractivity contribution in [3.8, 4) is 11.6 Å². The summed E-state index contributed by atoms with van der Waals surface area (Å²) in [5, 5.41) is 20.1. The third-order valence-corrected chi connectivity index (χ3v) is 6.23. The first-order valence-corrected chi connectivity index (χ1v) is 11.5. The summed E-state index contributed by atoms with van der Waals surface area (Å²) in [5.74, 6) is 0.364. The summed E-state index contributed by atoms with van der Waals surface area (Å²) in [6, 6.07) is 12.0. The maximum atomic E-state index is 11.5. The van der Waals surface area contributed by atoms with E-state index in [0.717, 1.165) is 59.9 Å². The number of hydrogen-bond acceptors (Lipinski definition) is 6. The number of benzene rings is 1. The van der Waals surface area contributed by atoms with E-state index in [4.69, 9.17) is 14.5 Å². The molecule has 172 valence electrons. The Kier molecular flexibility index (Phi) is 6.15. The van der Waals surface area contributed by atoms with Crippen molar-refractivity contribution < 1.29 is 19.4 Å². The molecule has 0 aliphatic carbocycles. The molecule has 33 heavy (non-hydrogen) atoms. The number of aromatic amines is 1. The second kappa shape index (κ2) is 9.52. The van der Waals surface area contributed by atoms with Gasteiger partial charge >= 0.3 is 5.97 Å². The number of ether oxygens (including phenoxy) is 2. The number of carbonyl (C=O) groups is 1. The van der Waals surface area contributed by atoms with Gasteiger partial charge in [0.2, 0.25) is 5.88 Å². The average Bonchev–Trinajstić information content (AvgIpc) is 3.47. The monoisotopic (exact) mass is 448 g/mol. The van der Waals surface area contributed by atoms with Crippen molar-refractivity contribution in [1.82, 2.24) is 15.2 Å². The first-order chi connectivity index (χ1) is 16.1. The lowest BCUT2D eigenvalue weighted by atomic mass is 9.90. The molecule has 2 aromatic heterocycles. The molecule has 0 saturated heterocycles. The van der Waals surface area contributed by atoms with Crippen LogP contribution in [0.3, 0.4) is 0 Å². The van der Waals surface area contributed by atoms with Gasteiger partial charge in [-0.2, -0.15) is 0 Å². The molecule has 3 aromatic rings. The number of anilines is 1. The predicted octanol–water partition coefficient (Wildman–Crippen LogP) is 3.52. The summed E-state index contributed by atoms with van der Waals surface area (Å²) >= 11 is 0. The molecule has 4 heterocycles. The highest BCUT2D eigenvalue weighted by molar-refractivity contribution is 5.68. The van der Waals surface area contributed by atoms with Crippen LogP contribution in [-0.2, 0) is 30.5 Å². The van der Waals surface area contributed by atoms with E-state index in [2.05, 4.69) is 21.6 Å². The number of carboxylic acid groups (broad SMARTS) is 1. The Balaban J connectivity index is 1.19. The number of hydrogen-bond donors (Lipinski definition) is 3. The second-order valence-corrected chi connectivity index (χ2v) is 8.62. The molecule has 1 aromatic carbocycles. The minimum Gasteiger partial charge on any atom is -0.493 e. The molecule has 0 spiro atoms. The molecule has 2 aliphatic heterocycles. The Hall–Kier alpha value is -3.55. The van der Waals surface area contributed by atoms with Crippen LogP contribution in [0.1, 0.15) is 47.0 Å². The highest BCUT2D eigenvalue weighted by Crippen LogP contribution is 2.32. The summed E-state index contributed by atoms with van der Waals surface area (Å²) in [5.41, 5.74) is 6.25. The van der Waals surface area contributed by atoms with E-state index in [9.17, 15) is 9.90 Å². The van der Waals surface area contributed by atoms with E-state index in [0.29, 0.717) is 31.9 Å². The molecule has 0 bridgehead atoms. The molecule has 5 rings (SSSR count). The number of carboxylic acids is 1. The smallest absolute Gasteiger partial charge is 0.303 e. The fourth-order valence-electron chi connectivity index (χ4n) is 4.52. The largest absolute Gasteiger partial charge is 0.493 e. The van der Waals surface area contributed by atoms with Gasteiger partial charge in [0.05, 0.1) is 31.0 Å². The molecular weight excluding hydrogens is 420 g/mol. The fraction of sp³-hybridized carbons (Fsp3) is 0.400. The van der Waals surface area contributed by atoms with Crippen LogP contribution < -0.4 is 14.8 Å². The van der Waals surface area contributed by atoms with Crippen LogP contribution in [0.25, 0.3) is 0 Å². The minimum atomic E-state index is -0.829. The van der Waals surface area contributed by atoms with E-state index in [1.807, 2.05) is 30.3 Å². The number of nitrogens with one attached hydrogen (secondary N) is 2. The topological polar surface area (TPSA) is 109 Å². The maximum absolute atomic E-state index is 11.5. The Morgan fingerprint density at radius 1 is 1.21 bits per heavy atom. The van der Waals surface area contributed by atoms with Crippen molar-refractivity contribution in [2.45, 2.75) is 44.4 Å². The first-order valence-electron chi connectivity index (χ1n) is 11.5. The molecule has 1 unspecified atom stereocenters. The highest BCUT2D eigenvalue weighted by Gasteiger charge is 2.21. The molecule has 3 N–H and O–H groups in total. The number of aliphatic carboxylic acids is 1. The van der Waals surface area contributed by atoms with E-state index in [1.165, 1.54) is 5.56 Å². The number of pyridine rings is 1. The van der Waals surface area contributed by atoms with Crippen molar-refractivity contribution in [3.63, 3.8) is 0 Å². The van der Waals surface area contributed by atoms with Crippen LogP contribution in [0.4, 0.5) is 5.69 Å². The number of nitrogens with zero attached hydrogens (tertiary/aromatic N) is 2. The van der Waals surface area contributed by atoms with Crippen molar-refractivity contribution in [3.05, 3.63) is 64.6 Å². The Bertz CT molecular complexity index is 1140. The van der Waals surface area contributed by atoms with E-state index in [-0.39, 0.29) is 12.3 Å². The fourth-order valence-corrected chi connectivity index (χ4v) is 4.52. The van der Waals surface area contributed by atoms with Crippen molar-refractivity contribution in [1.29, 1.82) is 0 Å². The Morgan fingerprint density at radius 2 is 2.15 bits per heavy atom. The van der Waals surface area contributed by atoms with Gasteiger partial charge in [0.15, 0.2) is 0 Å². The molecule has 0 fully saturated rings. The molecule has 8 nitrogen and oxygen atoms in total. The average molecular weight is 449 g/mol. The minimum absolute atomic E-state index is 0.0346. The molecule has 0 amide bonds. The van der Waals surface area contributed by atoms with Crippen LogP contribution >= 0.6 is 0 Å². The van der Waals surface area contributed by atoms with Gasteiger partial charge in [-0.1, -0.05) is 12.1 Å². The van der Waals surface area contributed by atoms with E-state index in [1.54, 1.807) is 0 Å². The number of fused-ring (bicyclic) bond motifs is 2. The van der Waals surface area contributed by atoms with Crippen LogP contribution in [0.2, 0.25) is 0 Å². The van der Waals surface area contributed by atoms with Crippen LogP contribution in [0, 0.1) is 0 Å². The standard InChI is InChI=1S/C25H28N4O4/c30-25(31)14-18(17-4-3-16-7-10-32-23(16)13-17)12-20-15-24(29-28-20)33-11-8-19-5-6-21-22(27-19)2-1-9-26-21/h3-6,13,15,18,26H,1-2,7-12,14H2,(H,28,29)(H,30,31). The molecular formula is C25H28N4O4. The maximum Gasteiger partial charge on any atom is 0.303 e. The zero-order valence-electron chi connectivity index (χ0n) is 18.5. The Labute approximate surface area is 192 Å². The van der Waals surface area contributed by atoms with Crippen LogP contribution in [-0.4, -0.2) is 46.0 Å². The lowest BCUT2D eigenvalue weighted by Gasteiger charge is -2.17. The van der Waals surface area contributed by atoms with Crippen molar-refractivity contribution in [2.75, 3.05) is 25.1 Å². The zero-order valence-corrected chi connectivity index (χ0v) is 18.5. The van der Waals surface area contributed by atoms with Crippen LogP contribution in [0.5, 0.6) is 11.6 Å². The van der Waals surface area contributed by atoms with Crippen LogP contribution in [0.15, 0.2) is 36.4 Å². The third-order valence-electron chi connectivity index (χ3n) is 6.23. The summed E-state index contributed by atoms with van der Waals surface area (Å²) in [6.45, 7) is 2.16. The van der Waals surface area contributed by atoms with Crippen molar-refractivity contribution >= 4 is 11.7 Å². The van der Waals surface area contributed by atoms with Crippen molar-refractivity contribution in [2.24, 2.45) is 0 Å². The SMILES string of the molecule is O=C(O)CC(Cc1cc(OCCc2ccc3c(n2)CCCN3)n[nH]1)c1ccc2c(c1)OCC2. The lowest BCUT2D eigenvalue weighted by molar-refractivity contribution is -0.137. The quantitative estimate of drug-likeness (QED) is 0.459. The lowest BCUT2D eigenvalue weighted by Crippen LogP contribution is -2.14. The van der Waals surface area contributed by atoms with Gasteiger partial charge in [-0.3, -0.25) is 14.9 Å². The van der Waals surface area contributed by atoms with Gasteiger partial charge in [-0.15, -0.1) is 5.10 Å². The number of H-pyrrole nitrogens is 1. The summed E-state index contributed by atoms with van der Waals surface area (Å²) < 4.78 is 11.5. The molecule has 2 aliphatic rings. The summed E-state index contributed by atoms with van der Waals surface area (Å²) in [6.07, 6.45) is 4.28. The molecule has 8 heteroatoms. The van der Waals surface area contributed by atoms with Gasteiger partial charge in [-0.05, 0) is 54.5 Å². The first kappa shape index (κ1) is 21.3. The molecule has 1 atom stereocenters. The Morgan fingerprint density at radius 3 is 3.06 bits per heavy atom. The summed E-state index contributed by atoms with van der Waals surface area (Å²) in [4.78, 5) is 16.2. The van der Waals surface area contributed by atoms with Gasteiger partial charge in [0.25, 0.3) is 0 Å². The highest BCUT2D eigenvalue weighted by atomic mass is 16.5. The summed E-state index contributed by atoms with van der Waals surface area (Å²) in [7, 11) is 0. The van der Waals surface area contributed by atoms with Gasteiger partial charge in [0, 0.05) is 36.8 Å². The number of aryl methyl sites for hydroxylation is 1. The molecule has 0 saturated carbocycles. The third kappa shape index (κ3) is 5.10. The number of rotatable bonds is 9. The second-order valence-electron chi connectivity index (χ2n) is 8.62. The van der Waals surface area contributed by atoms with E-state index >= 15 is 0 Å². The van der Waals surface area contributed by atoms with Gasteiger partial charge in [-0.25, -0.2) is 0 Å². The predicted molar refractivity (Wildman–Crippen MR) is 123 cm³/mol. The zero-order chi connectivity index (χ0) is 22.6. The number of aromatic nitrogens is 3. The van der Waals surface area contributed by atoms with Gasteiger partial charge in [0.1, 0.15) is 5.75 Å².